The molecule has 0 fully saturated rings. The van der Waals surface area contributed by atoms with E-state index in [0.29, 0.717) is 22.5 Å². The van der Waals surface area contributed by atoms with Gasteiger partial charge in [-0.2, -0.15) is 0 Å². The van der Waals surface area contributed by atoms with Crippen LogP contribution in [0.2, 0.25) is 0 Å². The second-order valence-electron chi connectivity index (χ2n) is 5.77. The molecule has 0 spiro atoms. The van der Waals surface area contributed by atoms with Gasteiger partial charge in [-0.1, -0.05) is 42.1 Å². The SMILES string of the molecule is O=C(CCSc1nc2ccccc2o1)Nc1cc(=O)n(-c2ccccc2)[nH]1. The van der Waals surface area contributed by atoms with Gasteiger partial charge >= 0.3 is 0 Å². The lowest BCUT2D eigenvalue weighted by Gasteiger charge is -2.03. The summed E-state index contributed by atoms with van der Waals surface area (Å²) in [5, 5.41) is 6.13. The third-order valence-electron chi connectivity index (χ3n) is 3.84. The average Bonchev–Trinajstić information content (AvgIpc) is 3.25. The van der Waals surface area contributed by atoms with Crippen molar-refractivity contribution in [3.8, 4) is 5.69 Å². The van der Waals surface area contributed by atoms with Crippen LogP contribution in [0.1, 0.15) is 6.42 Å². The third kappa shape index (κ3) is 3.95. The number of rotatable bonds is 6. The maximum atomic E-state index is 12.1. The zero-order chi connectivity index (χ0) is 18.6. The molecule has 0 saturated carbocycles. The topological polar surface area (TPSA) is 92.9 Å². The van der Waals surface area contributed by atoms with Crippen LogP contribution >= 0.6 is 11.8 Å². The molecule has 0 aliphatic rings. The molecule has 0 atom stereocenters. The Kier molecular flexibility index (Phi) is 4.80. The minimum absolute atomic E-state index is 0.194. The summed E-state index contributed by atoms with van der Waals surface area (Å²) in [5.41, 5.74) is 1.99. The van der Waals surface area contributed by atoms with Gasteiger partial charge in [-0.25, -0.2) is 9.67 Å². The Labute approximate surface area is 158 Å². The normalized spacial score (nSPS) is 11.0. The first-order valence-corrected chi connectivity index (χ1v) is 9.33. The number of nitrogens with zero attached hydrogens (tertiary/aromatic N) is 2. The maximum Gasteiger partial charge on any atom is 0.273 e. The summed E-state index contributed by atoms with van der Waals surface area (Å²) < 4.78 is 6.98. The highest BCUT2D eigenvalue weighted by atomic mass is 32.2. The molecule has 7 nitrogen and oxygen atoms in total. The fourth-order valence-electron chi connectivity index (χ4n) is 2.59. The lowest BCUT2D eigenvalue weighted by Crippen LogP contribution is -2.13. The molecule has 8 heteroatoms. The van der Waals surface area contributed by atoms with Crippen LogP contribution in [0.5, 0.6) is 0 Å². The van der Waals surface area contributed by atoms with Crippen molar-refractivity contribution in [2.75, 3.05) is 11.1 Å². The van der Waals surface area contributed by atoms with Crippen molar-refractivity contribution >= 4 is 34.6 Å². The number of fused-ring (bicyclic) bond motifs is 1. The lowest BCUT2D eigenvalue weighted by atomic mass is 10.3. The Morgan fingerprint density at radius 1 is 1.15 bits per heavy atom. The molecule has 4 aromatic rings. The number of amides is 1. The molecular formula is C19H16N4O3S. The number of para-hydroxylation sites is 3. The predicted molar refractivity (Wildman–Crippen MR) is 104 cm³/mol. The summed E-state index contributed by atoms with van der Waals surface area (Å²) >= 11 is 1.37. The minimum Gasteiger partial charge on any atom is -0.431 e. The van der Waals surface area contributed by atoms with Crippen LogP contribution in [0.25, 0.3) is 16.8 Å². The summed E-state index contributed by atoms with van der Waals surface area (Å²) in [7, 11) is 0. The van der Waals surface area contributed by atoms with Crippen molar-refractivity contribution in [3.63, 3.8) is 0 Å². The predicted octanol–water partition coefficient (Wildman–Crippen LogP) is 3.43. The van der Waals surface area contributed by atoms with Crippen molar-refractivity contribution in [2.45, 2.75) is 11.6 Å². The van der Waals surface area contributed by atoms with Crippen molar-refractivity contribution < 1.29 is 9.21 Å². The van der Waals surface area contributed by atoms with E-state index in [2.05, 4.69) is 15.4 Å². The molecule has 0 aliphatic heterocycles. The third-order valence-corrected chi connectivity index (χ3v) is 4.67. The number of aromatic nitrogens is 3. The quantitative estimate of drug-likeness (QED) is 0.500. The van der Waals surface area contributed by atoms with Gasteiger partial charge in [-0.15, -0.1) is 0 Å². The molecule has 0 bridgehead atoms. The van der Waals surface area contributed by atoms with Gasteiger partial charge in [0, 0.05) is 18.2 Å². The van der Waals surface area contributed by atoms with Gasteiger partial charge in [0.15, 0.2) is 5.58 Å². The Hall–Kier alpha value is -3.26. The van der Waals surface area contributed by atoms with Crippen LogP contribution in [0.4, 0.5) is 5.82 Å². The van der Waals surface area contributed by atoms with Crippen LogP contribution in [0.3, 0.4) is 0 Å². The molecule has 2 heterocycles. The molecule has 4 rings (SSSR count). The van der Waals surface area contributed by atoms with Crippen molar-refractivity contribution in [3.05, 3.63) is 71.0 Å². The highest BCUT2D eigenvalue weighted by Crippen LogP contribution is 2.23. The van der Waals surface area contributed by atoms with Crippen LogP contribution in [-0.4, -0.2) is 26.4 Å². The number of anilines is 1. The van der Waals surface area contributed by atoms with Gasteiger partial charge < -0.3 is 9.73 Å². The number of thioether (sulfide) groups is 1. The van der Waals surface area contributed by atoms with E-state index in [4.69, 9.17) is 4.42 Å². The second kappa shape index (κ2) is 7.55. The number of oxazole rings is 1. The Morgan fingerprint density at radius 3 is 2.74 bits per heavy atom. The van der Waals surface area contributed by atoms with Gasteiger partial charge in [-0.05, 0) is 24.3 Å². The van der Waals surface area contributed by atoms with E-state index >= 15 is 0 Å². The number of hydrogen-bond donors (Lipinski definition) is 2. The summed E-state index contributed by atoms with van der Waals surface area (Å²) in [6.07, 6.45) is 0.266. The first-order chi connectivity index (χ1) is 13.2. The first-order valence-electron chi connectivity index (χ1n) is 8.35. The Balaban J connectivity index is 1.34. The van der Waals surface area contributed by atoms with Gasteiger partial charge in [0.25, 0.3) is 10.8 Å². The number of carbonyl (C=O) groups excluding carboxylic acids is 1. The smallest absolute Gasteiger partial charge is 0.273 e. The maximum absolute atomic E-state index is 12.1. The van der Waals surface area contributed by atoms with Crippen molar-refractivity contribution in [2.24, 2.45) is 0 Å². The summed E-state index contributed by atoms with van der Waals surface area (Å²) in [6.45, 7) is 0. The van der Waals surface area contributed by atoms with Gasteiger partial charge in [0.2, 0.25) is 5.91 Å². The number of hydrogen-bond acceptors (Lipinski definition) is 5. The second-order valence-corrected chi connectivity index (χ2v) is 6.82. The van der Waals surface area contributed by atoms with Crippen molar-refractivity contribution in [1.29, 1.82) is 0 Å². The summed E-state index contributed by atoms with van der Waals surface area (Å²) in [4.78, 5) is 28.5. The zero-order valence-corrected chi connectivity index (χ0v) is 15.0. The summed E-state index contributed by atoms with van der Waals surface area (Å²) in [5.74, 6) is 0.684. The van der Waals surface area contributed by atoms with Crippen LogP contribution in [-0.2, 0) is 4.79 Å². The molecule has 2 N–H and O–H groups in total. The lowest BCUT2D eigenvalue weighted by molar-refractivity contribution is -0.115. The highest BCUT2D eigenvalue weighted by molar-refractivity contribution is 7.99. The van der Waals surface area contributed by atoms with Gasteiger partial charge in [0.1, 0.15) is 11.3 Å². The van der Waals surface area contributed by atoms with E-state index in [1.165, 1.54) is 22.5 Å². The Morgan fingerprint density at radius 2 is 1.93 bits per heavy atom. The van der Waals surface area contributed by atoms with Crippen molar-refractivity contribution in [1.82, 2.24) is 14.8 Å². The molecule has 0 radical (unpaired) electrons. The van der Waals surface area contributed by atoms with E-state index in [9.17, 15) is 9.59 Å². The fraction of sp³-hybridized carbons (Fsp3) is 0.105. The van der Waals surface area contributed by atoms with E-state index < -0.39 is 0 Å². The molecule has 0 saturated heterocycles. The molecule has 2 aromatic carbocycles. The number of H-pyrrole nitrogens is 1. The van der Waals surface area contributed by atoms with E-state index in [0.717, 1.165) is 11.1 Å². The number of aromatic amines is 1. The van der Waals surface area contributed by atoms with Gasteiger partial charge in [-0.3, -0.25) is 14.7 Å². The number of carbonyl (C=O) groups is 1. The van der Waals surface area contributed by atoms with E-state index in [1.54, 1.807) is 12.1 Å². The zero-order valence-electron chi connectivity index (χ0n) is 14.2. The molecule has 27 heavy (non-hydrogen) atoms. The standard InChI is InChI=1S/C19H16N4O3S/c24-17(10-11-27-19-20-14-8-4-5-9-15(14)26-19)21-16-12-18(25)23(22-16)13-6-2-1-3-7-13/h1-9,12,22H,10-11H2,(H,21,24). The molecular weight excluding hydrogens is 364 g/mol. The van der Waals surface area contributed by atoms with Crippen LogP contribution in [0.15, 0.2) is 75.1 Å². The average molecular weight is 380 g/mol. The number of benzene rings is 2. The molecule has 1 amide bonds. The minimum atomic E-state index is -0.239. The fourth-order valence-corrected chi connectivity index (χ4v) is 3.36. The first kappa shape index (κ1) is 17.2. The van der Waals surface area contributed by atoms with E-state index in [1.807, 2.05) is 42.5 Å². The number of nitrogens with one attached hydrogen (secondary N) is 2. The monoisotopic (exact) mass is 380 g/mol. The van der Waals surface area contributed by atoms with Crippen LogP contribution in [0, 0.1) is 0 Å². The van der Waals surface area contributed by atoms with E-state index in [-0.39, 0.29) is 17.9 Å². The Bertz CT molecular complexity index is 1100. The molecule has 0 unspecified atom stereocenters. The van der Waals surface area contributed by atoms with Crippen LogP contribution < -0.4 is 10.9 Å². The highest BCUT2D eigenvalue weighted by Gasteiger charge is 2.10. The molecule has 136 valence electrons. The largest absolute Gasteiger partial charge is 0.431 e. The van der Waals surface area contributed by atoms with Gasteiger partial charge in [0.05, 0.1) is 5.69 Å². The summed E-state index contributed by atoms with van der Waals surface area (Å²) in [6, 6.07) is 18.0. The molecule has 0 aliphatic carbocycles. The molecule has 2 aromatic heterocycles.